The molecule has 1 unspecified atom stereocenters. The van der Waals surface area contributed by atoms with Gasteiger partial charge in [-0.2, -0.15) is 17.4 Å². The van der Waals surface area contributed by atoms with Crippen LogP contribution in [-0.4, -0.2) is 30.9 Å². The van der Waals surface area contributed by atoms with Crippen molar-refractivity contribution >= 4 is 10.2 Å². The highest BCUT2D eigenvalue weighted by atomic mass is 32.2. The van der Waals surface area contributed by atoms with Crippen LogP contribution in [0.4, 0.5) is 0 Å². The SMILES string of the molecule is CC(C)NS(=O)(=O)N(C)C(C)c1ccccc1O. The molecule has 102 valence electrons. The molecule has 0 aliphatic carbocycles. The third-order valence-corrected chi connectivity index (χ3v) is 4.54. The van der Waals surface area contributed by atoms with Gasteiger partial charge < -0.3 is 5.11 Å². The van der Waals surface area contributed by atoms with E-state index in [1.807, 2.05) is 0 Å². The Morgan fingerprint density at radius 1 is 1.22 bits per heavy atom. The fourth-order valence-electron chi connectivity index (χ4n) is 1.63. The standard InChI is InChI=1S/C12H20N2O3S/c1-9(2)13-18(16,17)14(4)10(3)11-7-5-6-8-12(11)15/h5-10,13,15H,1-4H3. The molecule has 18 heavy (non-hydrogen) atoms. The summed E-state index contributed by atoms with van der Waals surface area (Å²) in [7, 11) is -2.06. The molecule has 0 saturated heterocycles. The van der Waals surface area contributed by atoms with Crippen LogP contribution < -0.4 is 4.72 Å². The highest BCUT2D eigenvalue weighted by molar-refractivity contribution is 7.87. The first-order valence-corrected chi connectivity index (χ1v) is 7.23. The molecule has 5 nitrogen and oxygen atoms in total. The molecule has 0 fully saturated rings. The number of nitrogens with one attached hydrogen (secondary N) is 1. The lowest BCUT2D eigenvalue weighted by atomic mass is 10.1. The van der Waals surface area contributed by atoms with Crippen molar-refractivity contribution in [3.63, 3.8) is 0 Å². The highest BCUT2D eigenvalue weighted by Gasteiger charge is 2.26. The molecule has 2 N–H and O–H groups in total. The second-order valence-corrected chi connectivity index (χ2v) is 6.29. The van der Waals surface area contributed by atoms with E-state index in [2.05, 4.69) is 4.72 Å². The maximum absolute atomic E-state index is 12.0. The molecule has 0 saturated carbocycles. The Labute approximate surface area is 109 Å². The molecule has 1 aromatic rings. The lowest BCUT2D eigenvalue weighted by Gasteiger charge is -2.26. The van der Waals surface area contributed by atoms with Gasteiger partial charge in [-0.3, -0.25) is 0 Å². The van der Waals surface area contributed by atoms with Crippen LogP contribution in [0.3, 0.4) is 0 Å². The lowest BCUT2D eigenvalue weighted by molar-refractivity contribution is 0.373. The predicted octanol–water partition coefficient (Wildman–Crippen LogP) is 1.63. The van der Waals surface area contributed by atoms with Gasteiger partial charge in [0.05, 0.1) is 6.04 Å². The normalized spacial score (nSPS) is 14.1. The zero-order chi connectivity index (χ0) is 13.9. The van der Waals surface area contributed by atoms with Gasteiger partial charge in [-0.05, 0) is 26.8 Å². The van der Waals surface area contributed by atoms with Crippen LogP contribution >= 0.6 is 0 Å². The molecule has 0 heterocycles. The van der Waals surface area contributed by atoms with Crippen molar-refractivity contribution in [1.82, 2.24) is 9.03 Å². The number of para-hydroxylation sites is 1. The zero-order valence-electron chi connectivity index (χ0n) is 11.1. The van der Waals surface area contributed by atoms with E-state index < -0.39 is 16.3 Å². The Balaban J connectivity index is 2.98. The van der Waals surface area contributed by atoms with Gasteiger partial charge in [0.1, 0.15) is 5.75 Å². The van der Waals surface area contributed by atoms with Crippen LogP contribution in [0.1, 0.15) is 32.4 Å². The van der Waals surface area contributed by atoms with Gasteiger partial charge in [0.2, 0.25) is 0 Å². The number of nitrogens with zero attached hydrogens (tertiary/aromatic N) is 1. The number of rotatable bonds is 5. The molecule has 1 rings (SSSR count). The molecule has 0 radical (unpaired) electrons. The molecular formula is C12H20N2O3S. The Hall–Kier alpha value is -1.11. The summed E-state index contributed by atoms with van der Waals surface area (Å²) in [5, 5.41) is 9.74. The second kappa shape index (κ2) is 5.69. The maximum atomic E-state index is 12.0. The number of phenols is 1. The number of phenolic OH excluding ortho intramolecular Hbond substituents is 1. The van der Waals surface area contributed by atoms with Crippen molar-refractivity contribution in [3.05, 3.63) is 29.8 Å². The summed E-state index contributed by atoms with van der Waals surface area (Å²) in [5.41, 5.74) is 0.578. The minimum absolute atomic E-state index is 0.0941. The molecule has 0 aromatic heterocycles. The number of hydrogen-bond acceptors (Lipinski definition) is 3. The minimum Gasteiger partial charge on any atom is -0.508 e. The van der Waals surface area contributed by atoms with Crippen molar-refractivity contribution in [1.29, 1.82) is 0 Å². The molecule has 0 spiro atoms. The van der Waals surface area contributed by atoms with E-state index in [0.29, 0.717) is 5.56 Å². The Bertz CT molecular complexity index is 500. The van der Waals surface area contributed by atoms with E-state index in [9.17, 15) is 13.5 Å². The molecule has 0 aliphatic heterocycles. The zero-order valence-corrected chi connectivity index (χ0v) is 11.9. The average molecular weight is 272 g/mol. The number of benzene rings is 1. The van der Waals surface area contributed by atoms with E-state index in [-0.39, 0.29) is 11.8 Å². The molecule has 1 aromatic carbocycles. The van der Waals surface area contributed by atoms with Crippen molar-refractivity contribution in [2.45, 2.75) is 32.9 Å². The summed E-state index contributed by atoms with van der Waals surface area (Å²) in [6.07, 6.45) is 0. The monoisotopic (exact) mass is 272 g/mol. The first kappa shape index (κ1) is 14.9. The predicted molar refractivity (Wildman–Crippen MR) is 71.5 cm³/mol. The fourth-order valence-corrected chi connectivity index (χ4v) is 2.92. The Morgan fingerprint density at radius 3 is 2.28 bits per heavy atom. The molecular weight excluding hydrogens is 252 g/mol. The Morgan fingerprint density at radius 2 is 1.78 bits per heavy atom. The fraction of sp³-hybridized carbons (Fsp3) is 0.500. The van der Waals surface area contributed by atoms with Crippen LogP contribution in [0.2, 0.25) is 0 Å². The molecule has 0 amide bonds. The summed E-state index contributed by atoms with van der Waals surface area (Å²) < 4.78 is 27.7. The van der Waals surface area contributed by atoms with Crippen molar-refractivity contribution in [3.8, 4) is 5.75 Å². The van der Waals surface area contributed by atoms with E-state index in [0.717, 1.165) is 0 Å². The van der Waals surface area contributed by atoms with E-state index in [1.165, 1.54) is 11.4 Å². The first-order valence-electron chi connectivity index (χ1n) is 5.79. The van der Waals surface area contributed by atoms with Crippen molar-refractivity contribution in [2.24, 2.45) is 0 Å². The van der Waals surface area contributed by atoms with Gasteiger partial charge in [-0.25, -0.2) is 0 Å². The minimum atomic E-state index is -3.55. The van der Waals surface area contributed by atoms with Gasteiger partial charge in [0, 0.05) is 18.7 Å². The van der Waals surface area contributed by atoms with Crippen LogP contribution in [0.15, 0.2) is 24.3 Å². The van der Waals surface area contributed by atoms with Crippen LogP contribution in [0.25, 0.3) is 0 Å². The summed E-state index contributed by atoms with van der Waals surface area (Å²) in [4.78, 5) is 0. The first-order chi connectivity index (χ1) is 8.25. The van der Waals surface area contributed by atoms with Crippen LogP contribution in [0.5, 0.6) is 5.75 Å². The van der Waals surface area contributed by atoms with Crippen LogP contribution in [-0.2, 0) is 10.2 Å². The second-order valence-electron chi connectivity index (χ2n) is 4.53. The largest absolute Gasteiger partial charge is 0.508 e. The summed E-state index contributed by atoms with van der Waals surface area (Å²) >= 11 is 0. The van der Waals surface area contributed by atoms with Gasteiger partial charge in [-0.1, -0.05) is 18.2 Å². The quantitative estimate of drug-likeness (QED) is 0.856. The Kier molecular flexibility index (Phi) is 4.72. The van der Waals surface area contributed by atoms with Crippen molar-refractivity contribution < 1.29 is 13.5 Å². The van der Waals surface area contributed by atoms with Crippen molar-refractivity contribution in [2.75, 3.05) is 7.05 Å². The van der Waals surface area contributed by atoms with Gasteiger partial charge in [-0.15, -0.1) is 0 Å². The van der Waals surface area contributed by atoms with E-state index in [4.69, 9.17) is 0 Å². The number of aromatic hydroxyl groups is 1. The molecule has 1 atom stereocenters. The molecule has 6 heteroatoms. The van der Waals surface area contributed by atoms with Crippen LogP contribution in [0, 0.1) is 0 Å². The third kappa shape index (κ3) is 3.44. The summed E-state index contributed by atoms with van der Waals surface area (Å²) in [6.45, 7) is 5.25. The summed E-state index contributed by atoms with van der Waals surface area (Å²) in [6, 6.07) is 6.11. The van der Waals surface area contributed by atoms with Gasteiger partial charge >= 0.3 is 0 Å². The smallest absolute Gasteiger partial charge is 0.279 e. The van der Waals surface area contributed by atoms with Gasteiger partial charge in [0.15, 0.2) is 0 Å². The maximum Gasteiger partial charge on any atom is 0.279 e. The number of hydrogen-bond donors (Lipinski definition) is 2. The lowest BCUT2D eigenvalue weighted by Crippen LogP contribution is -2.42. The third-order valence-electron chi connectivity index (χ3n) is 2.70. The van der Waals surface area contributed by atoms with E-state index in [1.54, 1.807) is 45.0 Å². The highest BCUT2D eigenvalue weighted by Crippen LogP contribution is 2.28. The summed E-state index contributed by atoms with van der Waals surface area (Å²) in [5.74, 6) is 0.0941. The van der Waals surface area contributed by atoms with Gasteiger partial charge in [0.25, 0.3) is 10.2 Å². The molecule has 0 bridgehead atoms. The molecule has 0 aliphatic rings. The van der Waals surface area contributed by atoms with E-state index >= 15 is 0 Å². The average Bonchev–Trinajstić information content (AvgIpc) is 2.26. The topological polar surface area (TPSA) is 69.6 Å².